The number of benzene rings is 3. The van der Waals surface area contributed by atoms with Crippen molar-refractivity contribution in [2.45, 2.75) is 18.7 Å². The van der Waals surface area contributed by atoms with E-state index in [9.17, 15) is 21.6 Å². The maximum absolute atomic E-state index is 13.0. The van der Waals surface area contributed by atoms with Crippen molar-refractivity contribution in [1.29, 1.82) is 0 Å². The van der Waals surface area contributed by atoms with E-state index in [1.165, 1.54) is 56.6 Å². The molecule has 3 aromatic carbocycles. The van der Waals surface area contributed by atoms with Crippen molar-refractivity contribution in [3.63, 3.8) is 0 Å². The van der Waals surface area contributed by atoms with Crippen LogP contribution in [0.3, 0.4) is 0 Å². The molecule has 0 heterocycles. The van der Waals surface area contributed by atoms with Gasteiger partial charge in [0.25, 0.3) is 10.0 Å². The third kappa shape index (κ3) is 7.14. The predicted molar refractivity (Wildman–Crippen MR) is 148 cm³/mol. The SMILES string of the molecule is Cc1ccc(C)c(N(CC(=O)Nc2ccc(S(=O)(=O)Nc3cc(Cl)cc(Cl)c3)cc2)S(=O)(=O)N(C)C)c1. The van der Waals surface area contributed by atoms with Crippen LogP contribution in [0.25, 0.3) is 0 Å². The van der Waals surface area contributed by atoms with Crippen LogP contribution in [0.4, 0.5) is 17.1 Å². The van der Waals surface area contributed by atoms with Crippen LogP contribution >= 0.6 is 23.2 Å². The minimum Gasteiger partial charge on any atom is -0.325 e. The lowest BCUT2D eigenvalue weighted by Gasteiger charge is -2.28. The van der Waals surface area contributed by atoms with Crippen molar-refractivity contribution in [2.24, 2.45) is 0 Å². The minimum atomic E-state index is -3.98. The lowest BCUT2D eigenvalue weighted by atomic mass is 10.1. The van der Waals surface area contributed by atoms with Crippen molar-refractivity contribution in [1.82, 2.24) is 4.31 Å². The van der Waals surface area contributed by atoms with E-state index in [2.05, 4.69) is 10.0 Å². The van der Waals surface area contributed by atoms with E-state index in [1.54, 1.807) is 19.1 Å². The molecule has 0 unspecified atom stereocenters. The van der Waals surface area contributed by atoms with Crippen LogP contribution in [0.5, 0.6) is 0 Å². The molecular weight excluding hydrogens is 559 g/mol. The van der Waals surface area contributed by atoms with E-state index in [-0.39, 0.29) is 26.3 Å². The van der Waals surface area contributed by atoms with Gasteiger partial charge in [0.2, 0.25) is 5.91 Å². The van der Waals surface area contributed by atoms with Crippen LogP contribution < -0.4 is 14.3 Å². The zero-order valence-corrected chi connectivity index (χ0v) is 23.6. The van der Waals surface area contributed by atoms with Crippen molar-refractivity contribution in [3.05, 3.63) is 81.8 Å². The van der Waals surface area contributed by atoms with Crippen LogP contribution in [0, 0.1) is 13.8 Å². The van der Waals surface area contributed by atoms with Gasteiger partial charge in [0.15, 0.2) is 0 Å². The molecule has 13 heteroatoms. The Balaban J connectivity index is 1.79. The molecule has 0 spiro atoms. The Morgan fingerprint density at radius 2 is 1.43 bits per heavy atom. The van der Waals surface area contributed by atoms with E-state index >= 15 is 0 Å². The van der Waals surface area contributed by atoms with Gasteiger partial charge in [0, 0.05) is 29.8 Å². The summed E-state index contributed by atoms with van der Waals surface area (Å²) in [4.78, 5) is 12.8. The van der Waals surface area contributed by atoms with Gasteiger partial charge in [0.1, 0.15) is 6.54 Å². The summed E-state index contributed by atoms with van der Waals surface area (Å²) in [5, 5.41) is 3.16. The molecule has 2 N–H and O–H groups in total. The topological polar surface area (TPSA) is 116 Å². The van der Waals surface area contributed by atoms with Crippen LogP contribution in [0.15, 0.2) is 65.6 Å². The number of halogens is 2. The smallest absolute Gasteiger partial charge is 0.304 e. The highest BCUT2D eigenvalue weighted by Crippen LogP contribution is 2.27. The fourth-order valence-electron chi connectivity index (χ4n) is 3.35. The third-order valence-corrected chi connectivity index (χ3v) is 8.86. The summed E-state index contributed by atoms with van der Waals surface area (Å²) in [6.45, 7) is 3.10. The van der Waals surface area contributed by atoms with Crippen molar-refractivity contribution < 1.29 is 21.6 Å². The van der Waals surface area contributed by atoms with Crippen LogP contribution in [0.2, 0.25) is 10.0 Å². The highest BCUT2D eigenvalue weighted by molar-refractivity contribution is 7.92. The van der Waals surface area contributed by atoms with Crippen molar-refractivity contribution in [3.8, 4) is 0 Å². The first-order valence-corrected chi connectivity index (χ1v) is 14.5. The van der Waals surface area contributed by atoms with Crippen LogP contribution in [-0.4, -0.2) is 47.7 Å². The number of carbonyl (C=O) groups excluding carboxylic acids is 1. The van der Waals surface area contributed by atoms with Gasteiger partial charge >= 0.3 is 10.2 Å². The molecule has 0 aliphatic carbocycles. The fourth-order valence-corrected chi connectivity index (χ4v) is 6.04. The highest BCUT2D eigenvalue weighted by Gasteiger charge is 2.28. The zero-order chi connectivity index (χ0) is 27.5. The number of anilines is 3. The van der Waals surface area contributed by atoms with Gasteiger partial charge in [-0.15, -0.1) is 0 Å². The Morgan fingerprint density at radius 1 is 0.838 bits per heavy atom. The lowest BCUT2D eigenvalue weighted by Crippen LogP contribution is -2.44. The van der Waals surface area contributed by atoms with Gasteiger partial charge in [-0.3, -0.25) is 9.52 Å². The Bertz CT molecular complexity index is 1510. The summed E-state index contributed by atoms with van der Waals surface area (Å²) < 4.78 is 55.9. The third-order valence-electron chi connectivity index (χ3n) is 5.22. The predicted octanol–water partition coefficient (Wildman–Crippen LogP) is 4.66. The minimum absolute atomic E-state index is 0.0613. The van der Waals surface area contributed by atoms with Gasteiger partial charge in [-0.2, -0.15) is 12.7 Å². The maximum Gasteiger partial charge on any atom is 0.304 e. The van der Waals surface area contributed by atoms with Gasteiger partial charge in [0.05, 0.1) is 16.3 Å². The summed E-state index contributed by atoms with van der Waals surface area (Å²) in [5.41, 5.74) is 2.40. The molecule has 0 aromatic heterocycles. The Morgan fingerprint density at radius 3 is 2.00 bits per heavy atom. The summed E-state index contributed by atoms with van der Waals surface area (Å²) in [6, 6.07) is 15.1. The van der Waals surface area contributed by atoms with E-state index in [4.69, 9.17) is 23.2 Å². The molecule has 0 fully saturated rings. The first kappa shape index (κ1) is 28.7. The molecule has 3 aromatic rings. The molecule has 9 nitrogen and oxygen atoms in total. The Kier molecular flexibility index (Phi) is 8.76. The van der Waals surface area contributed by atoms with E-state index < -0.39 is 32.7 Å². The van der Waals surface area contributed by atoms with Crippen molar-refractivity contribution in [2.75, 3.05) is 35.0 Å². The number of amides is 1. The number of carbonyl (C=O) groups is 1. The maximum atomic E-state index is 13.0. The van der Waals surface area contributed by atoms with Crippen LogP contribution in [-0.2, 0) is 25.0 Å². The quantitative estimate of drug-likeness (QED) is 0.379. The average Bonchev–Trinajstić information content (AvgIpc) is 2.78. The molecule has 0 saturated heterocycles. The first-order chi connectivity index (χ1) is 17.2. The molecule has 0 saturated carbocycles. The van der Waals surface area contributed by atoms with Gasteiger partial charge in [-0.05, 0) is 73.5 Å². The fraction of sp³-hybridized carbons (Fsp3) is 0.208. The number of hydrogen-bond donors (Lipinski definition) is 2. The normalized spacial score (nSPS) is 11.9. The number of aryl methyl sites for hydroxylation is 2. The molecule has 3 rings (SSSR count). The first-order valence-electron chi connectivity index (χ1n) is 10.9. The molecule has 0 aliphatic rings. The average molecular weight is 586 g/mol. The van der Waals surface area contributed by atoms with Crippen molar-refractivity contribution >= 4 is 66.4 Å². The monoisotopic (exact) mass is 584 g/mol. The molecule has 0 atom stereocenters. The number of nitrogens with zero attached hydrogens (tertiary/aromatic N) is 2. The lowest BCUT2D eigenvalue weighted by molar-refractivity contribution is -0.114. The summed E-state index contributed by atoms with van der Waals surface area (Å²) in [6.07, 6.45) is 0. The summed E-state index contributed by atoms with van der Waals surface area (Å²) >= 11 is 11.9. The number of sulfonamides is 1. The molecule has 0 bridgehead atoms. The van der Waals surface area contributed by atoms with E-state index in [0.717, 1.165) is 14.2 Å². The van der Waals surface area contributed by atoms with Gasteiger partial charge in [-0.1, -0.05) is 35.3 Å². The zero-order valence-electron chi connectivity index (χ0n) is 20.5. The van der Waals surface area contributed by atoms with Crippen LogP contribution in [0.1, 0.15) is 11.1 Å². The summed E-state index contributed by atoms with van der Waals surface area (Å²) in [5.74, 6) is -0.603. The van der Waals surface area contributed by atoms with E-state index in [1.807, 2.05) is 13.0 Å². The Hall–Kier alpha value is -2.83. The number of rotatable bonds is 9. The molecule has 1 amide bonds. The second-order valence-electron chi connectivity index (χ2n) is 8.42. The molecule has 0 aliphatic heterocycles. The molecule has 37 heavy (non-hydrogen) atoms. The summed E-state index contributed by atoms with van der Waals surface area (Å²) in [7, 11) is -5.17. The second kappa shape index (κ2) is 11.3. The highest BCUT2D eigenvalue weighted by atomic mass is 35.5. The number of hydrogen-bond acceptors (Lipinski definition) is 5. The Labute approximate surface area is 227 Å². The molecular formula is C24H26Cl2N4O5S2. The largest absolute Gasteiger partial charge is 0.325 e. The van der Waals surface area contributed by atoms with Gasteiger partial charge in [-0.25, -0.2) is 12.7 Å². The molecule has 198 valence electrons. The standard InChI is InChI=1S/C24H26Cl2N4O5S2/c1-16-5-6-17(2)23(11-16)30(37(34,35)29(3)4)15-24(31)27-20-7-9-22(10-8-20)36(32,33)28-21-13-18(25)12-19(26)14-21/h5-14,28H,15H2,1-4H3,(H,27,31). The molecule has 0 radical (unpaired) electrons. The van der Waals surface area contributed by atoms with Gasteiger partial charge < -0.3 is 5.32 Å². The number of nitrogens with one attached hydrogen (secondary N) is 2. The second-order valence-corrected chi connectivity index (χ2v) is 13.0. The van der Waals surface area contributed by atoms with E-state index in [0.29, 0.717) is 11.3 Å².